The first-order valence-electron chi connectivity index (χ1n) is 9.27. The zero-order chi connectivity index (χ0) is 20.1. The first-order valence-corrected chi connectivity index (χ1v) is 10.2. The molecule has 29 heavy (non-hydrogen) atoms. The first kappa shape index (κ1) is 18.9. The molecule has 4 rings (SSSR count). The number of hydrogen-bond acceptors (Lipinski definition) is 5. The molecule has 2 aromatic heterocycles. The fourth-order valence-electron chi connectivity index (χ4n) is 3.19. The van der Waals surface area contributed by atoms with E-state index in [1.54, 1.807) is 11.7 Å². The van der Waals surface area contributed by atoms with Crippen LogP contribution in [0.4, 0.5) is 11.5 Å². The summed E-state index contributed by atoms with van der Waals surface area (Å²) in [6, 6.07) is 19.2. The van der Waals surface area contributed by atoms with Gasteiger partial charge in [-0.1, -0.05) is 42.5 Å². The third kappa shape index (κ3) is 4.52. The number of nitrogens with one attached hydrogen (secondary N) is 2. The van der Waals surface area contributed by atoms with E-state index in [-0.39, 0.29) is 5.91 Å². The number of aromatic amines is 1. The highest BCUT2D eigenvalue weighted by atomic mass is 32.1. The lowest BCUT2D eigenvalue weighted by Crippen LogP contribution is -2.43. The zero-order valence-corrected chi connectivity index (χ0v) is 16.8. The predicted molar refractivity (Wildman–Crippen MR) is 117 cm³/mol. The lowest BCUT2D eigenvalue weighted by Gasteiger charge is -2.27. The molecule has 0 spiro atoms. The van der Waals surface area contributed by atoms with E-state index in [9.17, 15) is 4.79 Å². The molecule has 0 aliphatic rings. The van der Waals surface area contributed by atoms with Crippen molar-refractivity contribution >= 4 is 28.7 Å². The number of thiazole rings is 1. The quantitative estimate of drug-likeness (QED) is 0.485. The zero-order valence-electron chi connectivity index (χ0n) is 15.9. The molecule has 146 valence electrons. The highest BCUT2D eigenvalue weighted by Crippen LogP contribution is 2.22. The fraction of sp³-hybridized carbons (Fsp3) is 0.136. The van der Waals surface area contributed by atoms with Crippen LogP contribution in [0, 0.1) is 0 Å². The predicted octanol–water partition coefficient (Wildman–Crippen LogP) is 4.22. The van der Waals surface area contributed by atoms with Crippen LogP contribution in [0.2, 0.25) is 0 Å². The minimum Gasteiger partial charge on any atom is -0.347 e. The number of likely N-dealkylation sites (N-methyl/N-ethyl adjacent to an activating group) is 1. The molecule has 0 unspecified atom stereocenters. The van der Waals surface area contributed by atoms with Crippen LogP contribution in [0.15, 0.2) is 77.8 Å². The Hall–Kier alpha value is -3.45. The van der Waals surface area contributed by atoms with Crippen molar-refractivity contribution in [1.82, 2.24) is 15.2 Å². The van der Waals surface area contributed by atoms with E-state index >= 15 is 0 Å². The van der Waals surface area contributed by atoms with Crippen molar-refractivity contribution in [2.45, 2.75) is 12.5 Å². The molecular formula is C22H21N5OS. The molecule has 0 fully saturated rings. The van der Waals surface area contributed by atoms with Gasteiger partial charge in [-0.15, -0.1) is 11.3 Å². The highest BCUT2D eigenvalue weighted by molar-refractivity contribution is 7.07. The second kappa shape index (κ2) is 8.70. The molecule has 1 amide bonds. The number of amides is 1. The number of rotatable bonds is 7. The maximum atomic E-state index is 13.3. The standard InChI is InChI=1S/C22H21N5OS/c1-27(21-14-29-15-23-21)20(12-16-6-3-2-4-7-16)22(28)25-18-9-5-8-17(13-18)19-10-11-24-26-19/h2-11,13-15,20H,12H2,1H3,(H,24,26)(H,25,28)/t20-/m0/s1. The van der Waals surface area contributed by atoms with E-state index in [0.29, 0.717) is 6.42 Å². The van der Waals surface area contributed by atoms with Crippen molar-refractivity contribution in [3.63, 3.8) is 0 Å². The van der Waals surface area contributed by atoms with Crippen LogP contribution < -0.4 is 10.2 Å². The Morgan fingerprint density at radius 1 is 1.17 bits per heavy atom. The normalized spacial score (nSPS) is 11.8. The molecule has 2 aromatic carbocycles. The van der Waals surface area contributed by atoms with Crippen molar-refractivity contribution < 1.29 is 4.79 Å². The molecule has 4 aromatic rings. The number of carbonyl (C=O) groups is 1. The molecule has 0 bridgehead atoms. The van der Waals surface area contributed by atoms with Crippen molar-refractivity contribution in [3.05, 3.63) is 83.3 Å². The van der Waals surface area contributed by atoms with Crippen LogP contribution >= 0.6 is 11.3 Å². The topological polar surface area (TPSA) is 73.9 Å². The Kier molecular flexibility index (Phi) is 5.67. The van der Waals surface area contributed by atoms with Crippen molar-refractivity contribution in [2.24, 2.45) is 0 Å². The van der Waals surface area contributed by atoms with Gasteiger partial charge in [-0.05, 0) is 23.8 Å². The van der Waals surface area contributed by atoms with E-state index in [4.69, 9.17) is 0 Å². The van der Waals surface area contributed by atoms with Gasteiger partial charge in [0.25, 0.3) is 0 Å². The average Bonchev–Trinajstić information content (AvgIpc) is 3.47. The van der Waals surface area contributed by atoms with Gasteiger partial charge in [0, 0.05) is 36.3 Å². The summed E-state index contributed by atoms with van der Waals surface area (Å²) < 4.78 is 0. The van der Waals surface area contributed by atoms with Gasteiger partial charge in [-0.3, -0.25) is 9.89 Å². The van der Waals surface area contributed by atoms with Crippen LogP contribution in [-0.2, 0) is 11.2 Å². The van der Waals surface area contributed by atoms with Crippen LogP contribution in [0.3, 0.4) is 0 Å². The Labute approximate surface area is 173 Å². The van der Waals surface area contributed by atoms with Gasteiger partial charge in [0.15, 0.2) is 0 Å². The molecule has 7 heteroatoms. The number of benzene rings is 2. The lowest BCUT2D eigenvalue weighted by molar-refractivity contribution is -0.117. The second-order valence-electron chi connectivity index (χ2n) is 6.69. The number of carbonyl (C=O) groups excluding carboxylic acids is 1. The van der Waals surface area contributed by atoms with Crippen molar-refractivity contribution in [2.75, 3.05) is 17.3 Å². The smallest absolute Gasteiger partial charge is 0.247 e. The summed E-state index contributed by atoms with van der Waals surface area (Å²) >= 11 is 1.51. The van der Waals surface area contributed by atoms with Gasteiger partial charge in [-0.2, -0.15) is 5.10 Å². The van der Waals surface area contributed by atoms with Gasteiger partial charge in [-0.25, -0.2) is 4.98 Å². The van der Waals surface area contributed by atoms with Gasteiger partial charge in [0.05, 0.1) is 11.2 Å². The summed E-state index contributed by atoms with van der Waals surface area (Å²) in [6.07, 6.45) is 2.36. The maximum Gasteiger partial charge on any atom is 0.247 e. The molecule has 0 saturated carbocycles. The van der Waals surface area contributed by atoms with Gasteiger partial charge < -0.3 is 10.2 Å². The number of H-pyrrole nitrogens is 1. The molecule has 0 radical (unpaired) electrons. The van der Waals surface area contributed by atoms with Gasteiger partial charge >= 0.3 is 0 Å². The molecule has 2 heterocycles. The average molecular weight is 404 g/mol. The molecule has 2 N–H and O–H groups in total. The fourth-order valence-corrected chi connectivity index (χ4v) is 3.76. The van der Waals surface area contributed by atoms with Gasteiger partial charge in [0.2, 0.25) is 5.91 Å². The summed E-state index contributed by atoms with van der Waals surface area (Å²) in [5, 5.41) is 12.0. The summed E-state index contributed by atoms with van der Waals surface area (Å²) in [4.78, 5) is 19.5. The van der Waals surface area contributed by atoms with Crippen LogP contribution in [0.1, 0.15) is 5.56 Å². The minimum absolute atomic E-state index is 0.0801. The Morgan fingerprint density at radius 2 is 2.03 bits per heavy atom. The number of aromatic nitrogens is 3. The van der Waals surface area contributed by atoms with Gasteiger partial charge in [0.1, 0.15) is 11.9 Å². The number of anilines is 2. The number of hydrogen-bond donors (Lipinski definition) is 2. The van der Waals surface area contributed by atoms with Crippen LogP contribution in [-0.4, -0.2) is 34.2 Å². The summed E-state index contributed by atoms with van der Waals surface area (Å²) in [6.45, 7) is 0. The summed E-state index contributed by atoms with van der Waals surface area (Å²) in [7, 11) is 1.91. The lowest BCUT2D eigenvalue weighted by atomic mass is 10.0. The molecular weight excluding hydrogens is 382 g/mol. The SMILES string of the molecule is CN(c1cscn1)[C@@H](Cc1ccccc1)C(=O)Nc1cccc(-c2cc[nH]n2)c1. The minimum atomic E-state index is -0.395. The van der Waals surface area contributed by atoms with E-state index < -0.39 is 6.04 Å². The maximum absolute atomic E-state index is 13.3. The molecule has 6 nitrogen and oxygen atoms in total. The highest BCUT2D eigenvalue weighted by Gasteiger charge is 2.25. The van der Waals surface area contributed by atoms with E-state index in [0.717, 1.165) is 28.3 Å². The van der Waals surface area contributed by atoms with Crippen molar-refractivity contribution in [1.29, 1.82) is 0 Å². The Morgan fingerprint density at radius 3 is 2.76 bits per heavy atom. The first-order chi connectivity index (χ1) is 14.2. The third-order valence-electron chi connectivity index (χ3n) is 4.75. The summed E-state index contributed by atoms with van der Waals surface area (Å²) in [5.74, 6) is 0.708. The molecule has 1 atom stereocenters. The van der Waals surface area contributed by atoms with E-state index in [2.05, 4.69) is 20.5 Å². The van der Waals surface area contributed by atoms with Crippen LogP contribution in [0.5, 0.6) is 0 Å². The number of nitrogens with zero attached hydrogens (tertiary/aromatic N) is 3. The molecule has 0 saturated heterocycles. The van der Waals surface area contributed by atoms with E-state index in [1.807, 2.05) is 78.0 Å². The molecule has 0 aliphatic heterocycles. The molecule has 0 aliphatic carbocycles. The second-order valence-corrected chi connectivity index (χ2v) is 7.41. The van der Waals surface area contributed by atoms with Crippen LogP contribution in [0.25, 0.3) is 11.3 Å². The monoisotopic (exact) mass is 403 g/mol. The van der Waals surface area contributed by atoms with E-state index in [1.165, 1.54) is 11.3 Å². The largest absolute Gasteiger partial charge is 0.347 e. The summed E-state index contributed by atoms with van der Waals surface area (Å²) in [5.41, 5.74) is 5.38. The Bertz CT molecular complexity index is 1050. The third-order valence-corrected chi connectivity index (χ3v) is 5.32. The Balaban J connectivity index is 1.57. The van der Waals surface area contributed by atoms with Crippen molar-refractivity contribution in [3.8, 4) is 11.3 Å².